The van der Waals surface area contributed by atoms with E-state index < -0.39 is 23.6 Å². The molecule has 168 valence electrons. The molecule has 0 radical (unpaired) electrons. The minimum Gasteiger partial charge on any atom is -0.506 e. The molecule has 1 heterocycles. The van der Waals surface area contributed by atoms with E-state index in [0.29, 0.717) is 0 Å². The normalized spacial score (nSPS) is 11.3. The van der Waals surface area contributed by atoms with Crippen LogP contribution in [0.5, 0.6) is 5.75 Å². The second-order valence-corrected chi connectivity index (χ2v) is 8.67. The van der Waals surface area contributed by atoms with Gasteiger partial charge in [-0.05, 0) is 42.3 Å². The van der Waals surface area contributed by atoms with E-state index in [9.17, 15) is 27.9 Å². The predicted molar refractivity (Wildman–Crippen MR) is 118 cm³/mol. The number of carbonyl (C=O) groups excluding carboxylic acids is 2. The Kier molecular flexibility index (Phi) is 7.33. The summed E-state index contributed by atoms with van der Waals surface area (Å²) < 4.78 is 39.5. The molecule has 0 aliphatic rings. The standard InChI is InChI=1S/C21H15Cl2F3N2O3S/c22-14-9-12(5-6-16(14)29)19(30)28-15-10-17(23)32-18(15)20(31)27-8-7-11-3-1-2-4-13(11)21(24,25)26/h1-6,9-10,29H,7-8H2,(H,27,31)(H,28,30). The van der Waals surface area contributed by atoms with E-state index in [1.807, 2.05) is 0 Å². The first-order chi connectivity index (χ1) is 15.1. The maximum absolute atomic E-state index is 13.1. The number of rotatable bonds is 6. The zero-order valence-electron chi connectivity index (χ0n) is 16.1. The van der Waals surface area contributed by atoms with E-state index >= 15 is 0 Å². The quantitative estimate of drug-likeness (QED) is 0.386. The van der Waals surface area contributed by atoms with Crippen molar-refractivity contribution in [2.75, 3.05) is 11.9 Å². The number of phenolic OH excluding ortho intramolecular Hbond substituents is 1. The van der Waals surface area contributed by atoms with Crippen LogP contribution in [0.2, 0.25) is 9.36 Å². The molecular weight excluding hydrogens is 488 g/mol. The average molecular weight is 503 g/mol. The van der Waals surface area contributed by atoms with Crippen LogP contribution in [0.15, 0.2) is 48.5 Å². The summed E-state index contributed by atoms with van der Waals surface area (Å²) in [6.45, 7) is -0.0532. The van der Waals surface area contributed by atoms with E-state index in [-0.39, 0.29) is 49.8 Å². The summed E-state index contributed by atoms with van der Waals surface area (Å²) in [7, 11) is 0. The van der Waals surface area contributed by atoms with Crippen molar-refractivity contribution in [3.05, 3.63) is 79.5 Å². The molecule has 0 aliphatic heterocycles. The lowest BCUT2D eigenvalue weighted by Crippen LogP contribution is -2.26. The first-order valence-electron chi connectivity index (χ1n) is 9.08. The molecule has 0 atom stereocenters. The summed E-state index contributed by atoms with van der Waals surface area (Å²) in [5, 5.41) is 14.6. The number of alkyl halides is 3. The highest BCUT2D eigenvalue weighted by atomic mass is 35.5. The van der Waals surface area contributed by atoms with Gasteiger partial charge in [-0.1, -0.05) is 41.4 Å². The molecule has 11 heteroatoms. The van der Waals surface area contributed by atoms with Gasteiger partial charge in [0.2, 0.25) is 0 Å². The van der Waals surface area contributed by atoms with Gasteiger partial charge in [0.05, 0.1) is 20.6 Å². The van der Waals surface area contributed by atoms with Gasteiger partial charge >= 0.3 is 6.18 Å². The lowest BCUT2D eigenvalue weighted by Gasteiger charge is -2.13. The van der Waals surface area contributed by atoms with Crippen LogP contribution < -0.4 is 10.6 Å². The van der Waals surface area contributed by atoms with Crippen LogP contribution in [0, 0.1) is 0 Å². The van der Waals surface area contributed by atoms with Gasteiger partial charge in [-0.3, -0.25) is 9.59 Å². The minimum atomic E-state index is -4.49. The highest BCUT2D eigenvalue weighted by Gasteiger charge is 2.32. The number of thiophene rings is 1. The van der Waals surface area contributed by atoms with Crippen molar-refractivity contribution in [2.45, 2.75) is 12.6 Å². The molecule has 5 nitrogen and oxygen atoms in total. The van der Waals surface area contributed by atoms with Crippen LogP contribution in [0.25, 0.3) is 0 Å². The number of hydrogen-bond donors (Lipinski definition) is 3. The summed E-state index contributed by atoms with van der Waals surface area (Å²) in [5.74, 6) is -1.37. The molecule has 0 fully saturated rings. The summed E-state index contributed by atoms with van der Waals surface area (Å²) in [5.41, 5.74) is -0.413. The van der Waals surface area contributed by atoms with Crippen molar-refractivity contribution < 1.29 is 27.9 Å². The van der Waals surface area contributed by atoms with Gasteiger partial charge in [0.25, 0.3) is 11.8 Å². The van der Waals surface area contributed by atoms with Crippen molar-refractivity contribution in [2.24, 2.45) is 0 Å². The van der Waals surface area contributed by atoms with E-state index in [0.717, 1.165) is 17.4 Å². The molecule has 0 spiro atoms. The van der Waals surface area contributed by atoms with Gasteiger partial charge in [0.1, 0.15) is 10.6 Å². The summed E-state index contributed by atoms with van der Waals surface area (Å²) in [4.78, 5) is 25.1. The molecule has 3 aromatic rings. The molecule has 0 saturated heterocycles. The number of nitrogens with one attached hydrogen (secondary N) is 2. The predicted octanol–water partition coefficient (Wildman–Crippen LogP) is 6.00. The van der Waals surface area contributed by atoms with Gasteiger partial charge < -0.3 is 15.7 Å². The van der Waals surface area contributed by atoms with Crippen LogP contribution in [-0.4, -0.2) is 23.5 Å². The Balaban J connectivity index is 1.68. The molecule has 0 aliphatic carbocycles. The number of benzene rings is 2. The van der Waals surface area contributed by atoms with E-state index in [2.05, 4.69) is 10.6 Å². The Morgan fingerprint density at radius 3 is 2.44 bits per heavy atom. The second-order valence-electron chi connectivity index (χ2n) is 6.57. The summed E-state index contributed by atoms with van der Waals surface area (Å²) in [6.07, 6.45) is -4.52. The summed E-state index contributed by atoms with van der Waals surface area (Å²) >= 11 is 12.7. The fourth-order valence-electron chi connectivity index (χ4n) is 2.87. The molecule has 0 saturated carbocycles. The van der Waals surface area contributed by atoms with Crippen molar-refractivity contribution in [3.8, 4) is 5.75 Å². The molecule has 0 unspecified atom stereocenters. The topological polar surface area (TPSA) is 78.4 Å². The van der Waals surface area contributed by atoms with Gasteiger partial charge in [0, 0.05) is 12.1 Å². The number of aromatic hydroxyl groups is 1. The zero-order valence-corrected chi connectivity index (χ0v) is 18.4. The molecular formula is C21H15Cl2F3N2O3S. The molecule has 1 aromatic heterocycles. The Bertz CT molecular complexity index is 1170. The van der Waals surface area contributed by atoms with Gasteiger partial charge in [0.15, 0.2) is 0 Å². The smallest absolute Gasteiger partial charge is 0.416 e. The average Bonchev–Trinajstić information content (AvgIpc) is 3.09. The highest BCUT2D eigenvalue weighted by Crippen LogP contribution is 2.33. The molecule has 32 heavy (non-hydrogen) atoms. The van der Waals surface area contributed by atoms with Gasteiger partial charge in [-0.15, -0.1) is 11.3 Å². The van der Waals surface area contributed by atoms with Gasteiger partial charge in [-0.2, -0.15) is 13.2 Å². The number of hydrogen-bond acceptors (Lipinski definition) is 4. The number of halogens is 5. The highest BCUT2D eigenvalue weighted by molar-refractivity contribution is 7.18. The van der Waals surface area contributed by atoms with Crippen LogP contribution >= 0.6 is 34.5 Å². The Labute approximate surface area is 194 Å². The lowest BCUT2D eigenvalue weighted by molar-refractivity contribution is -0.138. The van der Waals surface area contributed by atoms with Crippen LogP contribution in [0.1, 0.15) is 31.2 Å². The van der Waals surface area contributed by atoms with Crippen molar-refractivity contribution in [1.82, 2.24) is 5.32 Å². The minimum absolute atomic E-state index is 0.0156. The Morgan fingerprint density at radius 2 is 1.75 bits per heavy atom. The van der Waals surface area contributed by atoms with Crippen molar-refractivity contribution in [3.63, 3.8) is 0 Å². The molecule has 2 amide bonds. The third-order valence-corrected chi connectivity index (χ3v) is 5.93. The molecule has 2 aromatic carbocycles. The van der Waals surface area contributed by atoms with E-state index in [1.54, 1.807) is 0 Å². The third-order valence-electron chi connectivity index (χ3n) is 4.37. The SMILES string of the molecule is O=C(Nc1cc(Cl)sc1C(=O)NCCc1ccccc1C(F)(F)F)c1ccc(O)c(Cl)c1. The van der Waals surface area contributed by atoms with Gasteiger partial charge in [-0.25, -0.2) is 0 Å². The Hall–Kier alpha value is -2.75. The zero-order chi connectivity index (χ0) is 23.5. The lowest BCUT2D eigenvalue weighted by atomic mass is 10.0. The Morgan fingerprint density at radius 1 is 1.03 bits per heavy atom. The van der Waals surface area contributed by atoms with Crippen molar-refractivity contribution in [1.29, 1.82) is 0 Å². The monoisotopic (exact) mass is 502 g/mol. The van der Waals surface area contributed by atoms with Crippen LogP contribution in [0.3, 0.4) is 0 Å². The maximum atomic E-state index is 13.1. The summed E-state index contributed by atoms with van der Waals surface area (Å²) in [6, 6.07) is 10.4. The third kappa shape index (κ3) is 5.73. The van der Waals surface area contributed by atoms with Crippen LogP contribution in [0.4, 0.5) is 18.9 Å². The second kappa shape index (κ2) is 9.81. The first-order valence-corrected chi connectivity index (χ1v) is 10.7. The number of phenols is 1. The number of carbonyl (C=O) groups is 2. The largest absolute Gasteiger partial charge is 0.506 e. The van der Waals surface area contributed by atoms with Crippen LogP contribution in [-0.2, 0) is 12.6 Å². The molecule has 3 rings (SSSR count). The molecule has 3 N–H and O–H groups in total. The van der Waals surface area contributed by atoms with E-state index in [1.165, 1.54) is 42.5 Å². The molecule has 0 bridgehead atoms. The van der Waals surface area contributed by atoms with Crippen molar-refractivity contribution >= 4 is 52.0 Å². The maximum Gasteiger partial charge on any atom is 0.416 e. The fourth-order valence-corrected chi connectivity index (χ4v) is 4.15. The number of amides is 2. The fraction of sp³-hybridized carbons (Fsp3) is 0.143. The first kappa shape index (κ1) is 23.9. The van der Waals surface area contributed by atoms with E-state index in [4.69, 9.17) is 23.2 Å². The number of anilines is 1.